The second kappa shape index (κ2) is 8.51. The van der Waals surface area contributed by atoms with E-state index < -0.39 is 38.3 Å². The molecule has 0 bridgehead atoms. The highest BCUT2D eigenvalue weighted by Crippen LogP contribution is 2.42. The molecule has 0 amide bonds. The van der Waals surface area contributed by atoms with Crippen molar-refractivity contribution in [1.82, 2.24) is 9.97 Å². The number of aryl methyl sites for hydroxylation is 1. The molecule has 0 fully saturated rings. The summed E-state index contributed by atoms with van der Waals surface area (Å²) >= 11 is 0. The van der Waals surface area contributed by atoms with E-state index in [9.17, 15) is 17.8 Å². The Balaban J connectivity index is 1.74. The number of amidine groups is 1. The number of carbonyl (C=O) groups excluding carboxylic acids is 1. The van der Waals surface area contributed by atoms with Gasteiger partial charge in [0.15, 0.2) is 5.78 Å². The van der Waals surface area contributed by atoms with E-state index in [2.05, 4.69) is 19.3 Å². The number of alkyl halides is 1. The summed E-state index contributed by atoms with van der Waals surface area (Å²) in [5, 5.41) is 8.98. The number of rotatable bonds is 5. The molecular formula is C23H24F2N6O2S. The number of aliphatic imine (C=N–C) groups is 1. The summed E-state index contributed by atoms with van der Waals surface area (Å²) in [5.41, 5.74) is 5.13. The van der Waals surface area contributed by atoms with Gasteiger partial charge >= 0.3 is 0 Å². The minimum absolute atomic E-state index is 0.0232. The molecule has 0 saturated heterocycles. The number of Topliss-reactive ketones (excluding diaryl/α,β-unsaturated/α-hetero) is 1. The Bertz CT molecular complexity index is 1380. The maximum atomic E-state index is 15.0. The smallest absolute Gasteiger partial charge is 0.187 e. The van der Waals surface area contributed by atoms with Crippen molar-refractivity contribution >= 4 is 21.3 Å². The molecule has 4 rings (SSSR count). The molecule has 4 heterocycles. The van der Waals surface area contributed by atoms with E-state index in [1.807, 2.05) is 6.07 Å². The van der Waals surface area contributed by atoms with Crippen LogP contribution < -0.4 is 5.73 Å². The fraction of sp³-hybridized carbons (Fsp3) is 0.435. The number of carbonyl (C=O) groups is 1. The van der Waals surface area contributed by atoms with Crippen LogP contribution >= 0.6 is 0 Å². The maximum Gasteiger partial charge on any atom is 0.187 e. The standard InChI is InChI=1S/C23H24F2N6O2S/c1-14-8-15(10-26)11-28-19(14)18(32)9-16-4-5-17(25)20(30-16)23(12-24)13-34(33)22(2,21(27)31-23)6-3-7-29-34/h4-5,8,11H,3,6-7,9,12-13H2,1-2H3,(H2,27,31)/t22-,23+,34-/m1/s1. The third kappa shape index (κ3) is 3.76. The second-order valence-electron chi connectivity index (χ2n) is 8.87. The summed E-state index contributed by atoms with van der Waals surface area (Å²) in [4.78, 5) is 25.5. The van der Waals surface area contributed by atoms with Crippen LogP contribution in [0.25, 0.3) is 0 Å². The fourth-order valence-electron chi connectivity index (χ4n) is 4.47. The number of nitrogens with zero attached hydrogens (tertiary/aromatic N) is 5. The van der Waals surface area contributed by atoms with Crippen LogP contribution in [0.1, 0.15) is 52.8 Å². The highest BCUT2D eigenvalue weighted by Gasteiger charge is 2.54. The van der Waals surface area contributed by atoms with E-state index in [4.69, 9.17) is 11.0 Å². The number of hydrogen-bond donors (Lipinski definition) is 1. The Morgan fingerprint density at radius 3 is 2.82 bits per heavy atom. The summed E-state index contributed by atoms with van der Waals surface area (Å²) in [6.45, 7) is 2.54. The molecular weight excluding hydrogens is 462 g/mol. The van der Waals surface area contributed by atoms with E-state index in [0.29, 0.717) is 30.5 Å². The van der Waals surface area contributed by atoms with Gasteiger partial charge in [0.1, 0.15) is 46.1 Å². The lowest BCUT2D eigenvalue weighted by Gasteiger charge is -2.44. The minimum Gasteiger partial charge on any atom is -0.386 e. The van der Waals surface area contributed by atoms with Crippen molar-refractivity contribution in [3.8, 4) is 6.07 Å². The predicted molar refractivity (Wildman–Crippen MR) is 123 cm³/mol. The van der Waals surface area contributed by atoms with Crippen LogP contribution in [0.5, 0.6) is 0 Å². The van der Waals surface area contributed by atoms with Crippen molar-refractivity contribution in [3.63, 3.8) is 0 Å². The van der Waals surface area contributed by atoms with Gasteiger partial charge in [-0.2, -0.15) is 5.26 Å². The first kappa shape index (κ1) is 23.9. The molecule has 2 aromatic rings. The van der Waals surface area contributed by atoms with Gasteiger partial charge in [-0.3, -0.25) is 19.8 Å². The topological polar surface area (TPSA) is 134 Å². The van der Waals surface area contributed by atoms with Crippen molar-refractivity contribution in [3.05, 3.63) is 58.4 Å². The Morgan fingerprint density at radius 1 is 1.38 bits per heavy atom. The van der Waals surface area contributed by atoms with Crippen LogP contribution in [-0.2, 0) is 21.7 Å². The predicted octanol–water partition coefficient (Wildman–Crippen LogP) is 2.78. The highest BCUT2D eigenvalue weighted by atomic mass is 32.2. The Labute approximate surface area is 196 Å². The summed E-state index contributed by atoms with van der Waals surface area (Å²) in [7, 11) is -3.04. The molecule has 0 radical (unpaired) electrons. The average molecular weight is 487 g/mol. The molecule has 2 aliphatic heterocycles. The monoisotopic (exact) mass is 486 g/mol. The number of ketones is 1. The number of hydrogen-bond acceptors (Lipinski definition) is 8. The lowest BCUT2D eigenvalue weighted by molar-refractivity contribution is 0.0986. The Hall–Kier alpha value is -3.26. The van der Waals surface area contributed by atoms with Gasteiger partial charge < -0.3 is 5.73 Å². The lowest BCUT2D eigenvalue weighted by Crippen LogP contribution is -2.59. The van der Waals surface area contributed by atoms with Crippen molar-refractivity contribution < 1.29 is 17.8 Å². The van der Waals surface area contributed by atoms with E-state index in [1.165, 1.54) is 12.3 Å². The number of halogens is 2. The molecule has 8 nitrogen and oxygen atoms in total. The molecule has 11 heteroatoms. The van der Waals surface area contributed by atoms with Crippen LogP contribution in [0, 0.1) is 24.1 Å². The first-order valence-electron chi connectivity index (χ1n) is 10.8. The normalized spacial score (nSPS) is 28.3. The van der Waals surface area contributed by atoms with Crippen molar-refractivity contribution in [2.75, 3.05) is 19.0 Å². The summed E-state index contributed by atoms with van der Waals surface area (Å²) in [5.74, 6) is -1.59. The molecule has 2 aromatic heterocycles. The van der Waals surface area contributed by atoms with Gasteiger partial charge in [0, 0.05) is 18.4 Å². The third-order valence-electron chi connectivity index (χ3n) is 6.51. The van der Waals surface area contributed by atoms with Gasteiger partial charge in [-0.15, -0.1) is 0 Å². The zero-order valence-corrected chi connectivity index (χ0v) is 19.7. The highest BCUT2D eigenvalue weighted by molar-refractivity contribution is 7.95. The van der Waals surface area contributed by atoms with Gasteiger partial charge in [-0.25, -0.2) is 17.4 Å². The summed E-state index contributed by atoms with van der Waals surface area (Å²) in [6, 6.07) is 5.92. The average Bonchev–Trinajstić information content (AvgIpc) is 2.81. The molecule has 0 saturated carbocycles. The quantitative estimate of drug-likeness (QED) is 0.646. The molecule has 34 heavy (non-hydrogen) atoms. The van der Waals surface area contributed by atoms with Gasteiger partial charge in [0.05, 0.1) is 27.5 Å². The summed E-state index contributed by atoms with van der Waals surface area (Å²) in [6.07, 6.45) is 2.24. The molecule has 0 aromatic carbocycles. The van der Waals surface area contributed by atoms with E-state index in [0.717, 1.165) is 6.07 Å². The largest absolute Gasteiger partial charge is 0.386 e. The van der Waals surface area contributed by atoms with Gasteiger partial charge in [0.25, 0.3) is 0 Å². The zero-order chi connectivity index (χ0) is 24.7. The molecule has 2 N–H and O–H groups in total. The molecule has 0 spiro atoms. The minimum atomic E-state index is -3.04. The van der Waals surface area contributed by atoms with Crippen molar-refractivity contribution in [2.45, 2.75) is 43.4 Å². The lowest BCUT2D eigenvalue weighted by atomic mass is 9.95. The van der Waals surface area contributed by atoms with Crippen LogP contribution in [0.2, 0.25) is 0 Å². The molecule has 0 unspecified atom stereocenters. The molecule has 0 aliphatic carbocycles. The van der Waals surface area contributed by atoms with Gasteiger partial charge in [-0.1, -0.05) is 0 Å². The number of nitriles is 1. The van der Waals surface area contributed by atoms with Gasteiger partial charge in [-0.05, 0) is 50.5 Å². The Kier molecular flexibility index (Phi) is 5.97. The van der Waals surface area contributed by atoms with Gasteiger partial charge in [0.2, 0.25) is 0 Å². The van der Waals surface area contributed by atoms with Crippen LogP contribution in [0.15, 0.2) is 33.8 Å². The number of fused-ring (bicyclic) bond motifs is 1. The zero-order valence-electron chi connectivity index (χ0n) is 18.8. The fourth-order valence-corrected chi connectivity index (χ4v) is 7.35. The third-order valence-corrected chi connectivity index (χ3v) is 9.79. The molecule has 3 atom stereocenters. The maximum absolute atomic E-state index is 15.0. The molecule has 2 aliphatic rings. The van der Waals surface area contributed by atoms with E-state index in [-0.39, 0.29) is 35.1 Å². The second-order valence-corrected chi connectivity index (χ2v) is 11.6. The number of pyridine rings is 2. The first-order valence-corrected chi connectivity index (χ1v) is 12.4. The van der Waals surface area contributed by atoms with Crippen LogP contribution in [-0.4, -0.2) is 49.5 Å². The number of aromatic nitrogens is 2. The van der Waals surface area contributed by atoms with E-state index in [1.54, 1.807) is 19.9 Å². The first-order chi connectivity index (χ1) is 16.1. The Morgan fingerprint density at radius 2 is 2.15 bits per heavy atom. The summed E-state index contributed by atoms with van der Waals surface area (Å²) < 4.78 is 46.6. The number of nitrogens with two attached hydrogens (primary N) is 1. The molecule has 178 valence electrons. The van der Waals surface area contributed by atoms with E-state index >= 15 is 0 Å². The van der Waals surface area contributed by atoms with Crippen LogP contribution in [0.3, 0.4) is 0 Å². The SMILES string of the molecule is Cc1cc(C#N)cnc1C(=O)Cc1ccc(F)c([C@]2(CF)C[S@]3(=O)=NCCC[C@]3(C)C(N)=N2)n1. The van der Waals surface area contributed by atoms with Crippen molar-refractivity contribution in [1.29, 1.82) is 5.26 Å². The van der Waals surface area contributed by atoms with Crippen LogP contribution in [0.4, 0.5) is 8.78 Å². The van der Waals surface area contributed by atoms with Crippen molar-refractivity contribution in [2.24, 2.45) is 15.1 Å².